The van der Waals surface area contributed by atoms with Gasteiger partial charge in [0.05, 0.1) is 0 Å². The van der Waals surface area contributed by atoms with Gasteiger partial charge >= 0.3 is 11.4 Å². The molecule has 0 saturated heterocycles. The smallest absolute Gasteiger partial charge is 0.380 e. The van der Waals surface area contributed by atoms with E-state index < -0.39 is 11.4 Å². The number of carbonyl (C=O) groups is 2. The summed E-state index contributed by atoms with van der Waals surface area (Å²) in [5.74, 6) is -1.20. The molecule has 0 aromatic rings. The first-order valence-electron chi connectivity index (χ1n) is 1.63. The minimum absolute atomic E-state index is 0.363. The van der Waals surface area contributed by atoms with Crippen molar-refractivity contribution < 1.29 is 14.3 Å². The Bertz CT molecular complexity index is 111. The van der Waals surface area contributed by atoms with Crippen LogP contribution in [-0.2, 0) is 9.53 Å². The van der Waals surface area contributed by atoms with Crippen LogP contribution >= 0.6 is 23.2 Å². The first-order valence-corrected chi connectivity index (χ1v) is 2.54. The maximum absolute atomic E-state index is 9.96. The van der Waals surface area contributed by atoms with Gasteiger partial charge in [-0.1, -0.05) is 0 Å². The van der Waals surface area contributed by atoms with E-state index in [4.69, 9.17) is 11.6 Å². The Kier molecular flexibility index (Phi) is 3.56. The average Bonchev–Trinajstić information content (AvgIpc) is 1.65. The molecule has 0 unspecified atom stereocenters. The molecule has 3 nitrogen and oxygen atoms in total. The van der Waals surface area contributed by atoms with E-state index in [2.05, 4.69) is 16.3 Å². The van der Waals surface area contributed by atoms with Crippen molar-refractivity contribution in [2.45, 2.75) is 0 Å². The second kappa shape index (κ2) is 3.69. The zero-order chi connectivity index (χ0) is 6.57. The molecule has 0 saturated carbocycles. The molecule has 0 aromatic carbocycles. The van der Waals surface area contributed by atoms with Gasteiger partial charge in [0.2, 0.25) is 0 Å². The van der Waals surface area contributed by atoms with Crippen LogP contribution in [0.1, 0.15) is 0 Å². The lowest BCUT2D eigenvalue weighted by Crippen LogP contribution is -2.06. The SMILES string of the molecule is O=C(Cl)OC(=O)CCl. The summed E-state index contributed by atoms with van der Waals surface area (Å²) in [5.41, 5.74) is -1.16. The zero-order valence-corrected chi connectivity index (χ0v) is 5.20. The summed E-state index contributed by atoms with van der Waals surface area (Å²) < 4.78 is 3.76. The molecule has 0 N–H and O–H groups in total. The van der Waals surface area contributed by atoms with E-state index in [1.165, 1.54) is 0 Å². The van der Waals surface area contributed by atoms with E-state index in [0.717, 1.165) is 0 Å². The highest BCUT2D eigenvalue weighted by molar-refractivity contribution is 6.62. The summed E-state index contributed by atoms with van der Waals surface area (Å²) in [5, 5.41) is 0. The Morgan fingerprint density at radius 2 is 2.00 bits per heavy atom. The van der Waals surface area contributed by atoms with E-state index >= 15 is 0 Å². The van der Waals surface area contributed by atoms with Gasteiger partial charge in [0.15, 0.2) is 0 Å². The molecule has 0 atom stereocenters. The minimum atomic E-state index is -1.16. The highest BCUT2D eigenvalue weighted by Crippen LogP contribution is 1.88. The van der Waals surface area contributed by atoms with Crippen LogP contribution in [0.4, 0.5) is 4.79 Å². The fraction of sp³-hybridized carbons (Fsp3) is 0.333. The van der Waals surface area contributed by atoms with Gasteiger partial charge in [-0.25, -0.2) is 4.79 Å². The molecule has 0 fully saturated rings. The Hall–Kier alpha value is -0.280. The van der Waals surface area contributed by atoms with Gasteiger partial charge in [-0.05, 0) is 0 Å². The van der Waals surface area contributed by atoms with Gasteiger partial charge in [0.25, 0.3) is 0 Å². The van der Waals surface area contributed by atoms with Crippen molar-refractivity contribution >= 4 is 34.6 Å². The molecule has 0 spiro atoms. The topological polar surface area (TPSA) is 43.4 Å². The summed E-state index contributed by atoms with van der Waals surface area (Å²) in [4.78, 5) is 19.6. The predicted molar refractivity (Wildman–Crippen MR) is 28.1 cm³/mol. The number of alkyl halides is 1. The number of esters is 1. The summed E-state index contributed by atoms with van der Waals surface area (Å²) in [6.07, 6.45) is 0. The molecule has 0 aliphatic rings. The first-order chi connectivity index (χ1) is 3.66. The van der Waals surface area contributed by atoms with Gasteiger partial charge in [-0.2, -0.15) is 0 Å². The second-order valence-electron chi connectivity index (χ2n) is 0.845. The lowest BCUT2D eigenvalue weighted by molar-refractivity contribution is -0.133. The molecule has 8 heavy (non-hydrogen) atoms. The number of hydrogen-bond donors (Lipinski definition) is 0. The number of halogens is 2. The van der Waals surface area contributed by atoms with Crippen LogP contribution < -0.4 is 0 Å². The van der Waals surface area contributed by atoms with E-state index in [0.29, 0.717) is 0 Å². The van der Waals surface area contributed by atoms with E-state index in [9.17, 15) is 9.59 Å². The van der Waals surface area contributed by atoms with Gasteiger partial charge in [-0.3, -0.25) is 4.79 Å². The molecular formula is C3H2Cl2O3. The molecule has 0 heterocycles. The molecule has 0 bridgehead atoms. The number of rotatable bonds is 1. The average molecular weight is 157 g/mol. The van der Waals surface area contributed by atoms with Crippen LogP contribution in [0, 0.1) is 0 Å². The molecule has 0 aromatic heterocycles. The molecule has 0 aliphatic carbocycles. The fourth-order valence-electron chi connectivity index (χ4n) is 0.117. The van der Waals surface area contributed by atoms with Crippen molar-refractivity contribution in [2.75, 3.05) is 5.88 Å². The van der Waals surface area contributed by atoms with Gasteiger partial charge in [-0.15, -0.1) is 11.6 Å². The lowest BCUT2D eigenvalue weighted by Gasteiger charge is -1.88. The molecule has 0 rings (SSSR count). The molecule has 46 valence electrons. The molecular weight excluding hydrogens is 155 g/mol. The molecule has 0 amide bonds. The van der Waals surface area contributed by atoms with E-state index in [1.807, 2.05) is 0 Å². The summed E-state index contributed by atoms with van der Waals surface area (Å²) in [7, 11) is 0. The van der Waals surface area contributed by atoms with Crippen molar-refractivity contribution in [3.63, 3.8) is 0 Å². The summed E-state index contributed by atoms with van der Waals surface area (Å²) in [6, 6.07) is 0. The third kappa shape index (κ3) is 3.89. The highest BCUT2D eigenvalue weighted by atomic mass is 35.5. The number of carbonyl (C=O) groups excluding carboxylic acids is 2. The Morgan fingerprint density at radius 1 is 1.50 bits per heavy atom. The second-order valence-corrected chi connectivity index (χ2v) is 1.42. The third-order valence-electron chi connectivity index (χ3n) is 0.303. The normalized spacial score (nSPS) is 8.25. The van der Waals surface area contributed by atoms with Crippen LogP contribution in [0.5, 0.6) is 0 Å². The fourth-order valence-corrected chi connectivity index (χ4v) is 0.257. The third-order valence-corrected chi connectivity index (χ3v) is 0.599. The van der Waals surface area contributed by atoms with Crippen molar-refractivity contribution in [3.05, 3.63) is 0 Å². The van der Waals surface area contributed by atoms with E-state index in [-0.39, 0.29) is 5.88 Å². The Labute approximate surface area is 55.5 Å². The number of hydrogen-bond acceptors (Lipinski definition) is 3. The molecule has 5 heteroatoms. The first kappa shape index (κ1) is 7.72. The lowest BCUT2D eigenvalue weighted by atomic mass is 10.8. The largest absolute Gasteiger partial charge is 0.411 e. The minimum Gasteiger partial charge on any atom is -0.380 e. The van der Waals surface area contributed by atoms with Crippen molar-refractivity contribution in [1.29, 1.82) is 0 Å². The van der Waals surface area contributed by atoms with Crippen molar-refractivity contribution in [3.8, 4) is 0 Å². The highest BCUT2D eigenvalue weighted by Gasteiger charge is 2.03. The maximum Gasteiger partial charge on any atom is 0.411 e. The standard InChI is InChI=1S/C3H2Cl2O3/c4-1-2(6)8-3(5)7/h1H2. The molecule has 0 radical (unpaired) electrons. The zero-order valence-electron chi connectivity index (χ0n) is 3.69. The van der Waals surface area contributed by atoms with Crippen LogP contribution in [0.25, 0.3) is 0 Å². The Morgan fingerprint density at radius 3 is 2.12 bits per heavy atom. The van der Waals surface area contributed by atoms with Crippen LogP contribution in [0.2, 0.25) is 0 Å². The van der Waals surface area contributed by atoms with Gasteiger partial charge in [0.1, 0.15) is 5.88 Å². The summed E-state index contributed by atoms with van der Waals surface area (Å²) >= 11 is 9.52. The van der Waals surface area contributed by atoms with Crippen LogP contribution in [0.3, 0.4) is 0 Å². The quantitative estimate of drug-likeness (QED) is 0.248. The molecule has 0 aliphatic heterocycles. The monoisotopic (exact) mass is 156 g/mol. The summed E-state index contributed by atoms with van der Waals surface area (Å²) in [6.45, 7) is 0. The van der Waals surface area contributed by atoms with Gasteiger partial charge < -0.3 is 4.74 Å². The van der Waals surface area contributed by atoms with Gasteiger partial charge in [0, 0.05) is 11.6 Å². The number of ether oxygens (including phenoxy) is 1. The van der Waals surface area contributed by atoms with E-state index in [1.54, 1.807) is 0 Å². The maximum atomic E-state index is 9.96. The van der Waals surface area contributed by atoms with Crippen LogP contribution in [-0.4, -0.2) is 17.3 Å². The van der Waals surface area contributed by atoms with Crippen LogP contribution in [0.15, 0.2) is 0 Å². The van der Waals surface area contributed by atoms with Crippen molar-refractivity contribution in [1.82, 2.24) is 0 Å². The van der Waals surface area contributed by atoms with Crippen molar-refractivity contribution in [2.24, 2.45) is 0 Å². The predicted octanol–water partition coefficient (Wildman–Crippen LogP) is 1.13. The Balaban J connectivity index is 3.40.